The van der Waals surface area contributed by atoms with Gasteiger partial charge in [0.05, 0.1) is 7.11 Å². The third-order valence-electron chi connectivity index (χ3n) is 2.77. The largest absolute Gasteiger partial charge is 0.497 e. The Morgan fingerprint density at radius 1 is 0.810 bits per heavy atom. The van der Waals surface area contributed by atoms with E-state index in [1.807, 2.05) is 0 Å². The number of methoxy groups -OCH3 is 1. The quantitative estimate of drug-likeness (QED) is 0.446. The second-order valence-corrected chi connectivity index (χ2v) is 4.11. The van der Waals surface area contributed by atoms with Crippen LogP contribution in [0.4, 0.5) is 22.0 Å². The normalized spacial score (nSPS) is 12.1. The second-order valence-electron chi connectivity index (χ2n) is 4.11. The van der Waals surface area contributed by atoms with Crippen LogP contribution in [0, 0.1) is 17.5 Å². The average molecular weight is 300 g/mol. The Kier molecular flexibility index (Phi) is 4.26. The van der Waals surface area contributed by atoms with Crippen molar-refractivity contribution in [3.63, 3.8) is 0 Å². The summed E-state index contributed by atoms with van der Waals surface area (Å²) in [5.74, 6) is -7.30. The molecule has 2 rings (SSSR count). The molecule has 110 valence electrons. The predicted octanol–water partition coefficient (Wildman–Crippen LogP) is 4.88. The van der Waals surface area contributed by atoms with Crippen molar-refractivity contribution in [2.45, 2.75) is 0 Å². The highest BCUT2D eigenvalue weighted by Gasteiger charge is 2.17. The van der Waals surface area contributed by atoms with Gasteiger partial charge in [-0.1, -0.05) is 0 Å². The molecule has 0 unspecified atom stereocenters. The molecule has 0 saturated heterocycles. The molecule has 0 saturated carbocycles. The van der Waals surface area contributed by atoms with Gasteiger partial charge in [-0.2, -0.15) is 0 Å². The van der Waals surface area contributed by atoms with E-state index in [1.165, 1.54) is 31.4 Å². The summed E-state index contributed by atoms with van der Waals surface area (Å²) in [6.07, 6.45) is 0. The van der Waals surface area contributed by atoms with Crippen LogP contribution in [0.2, 0.25) is 0 Å². The van der Waals surface area contributed by atoms with Gasteiger partial charge in [-0.3, -0.25) is 0 Å². The Hall–Kier alpha value is -2.37. The van der Waals surface area contributed by atoms with E-state index >= 15 is 0 Å². The Balaban J connectivity index is 2.46. The average Bonchev–Trinajstić information content (AvgIpc) is 2.50. The highest BCUT2D eigenvalue weighted by atomic mass is 19.2. The lowest BCUT2D eigenvalue weighted by Gasteiger charge is -2.05. The maximum atomic E-state index is 13.9. The Bertz CT molecular complexity index is 669. The summed E-state index contributed by atoms with van der Waals surface area (Å²) in [4.78, 5) is 0. The maximum absolute atomic E-state index is 13.9. The van der Waals surface area contributed by atoms with Crippen molar-refractivity contribution in [2.75, 3.05) is 7.11 Å². The molecule has 0 spiro atoms. The maximum Gasteiger partial charge on any atom is 0.194 e. The number of halogens is 5. The van der Waals surface area contributed by atoms with Gasteiger partial charge in [0.25, 0.3) is 0 Å². The molecule has 0 aliphatic heterocycles. The molecule has 0 radical (unpaired) electrons. The Morgan fingerprint density at radius 3 is 1.76 bits per heavy atom. The molecule has 0 atom stereocenters. The van der Waals surface area contributed by atoms with Gasteiger partial charge >= 0.3 is 0 Å². The molecule has 0 aromatic heterocycles. The van der Waals surface area contributed by atoms with E-state index in [4.69, 9.17) is 4.74 Å². The third-order valence-corrected chi connectivity index (χ3v) is 2.77. The molecule has 0 heterocycles. The summed E-state index contributed by atoms with van der Waals surface area (Å²) in [5.41, 5.74) is -0.863. The fraction of sp³-hybridized carbons (Fsp3) is 0.0667. The number of rotatable bonds is 3. The summed E-state index contributed by atoms with van der Waals surface area (Å²) in [6.45, 7) is 0. The topological polar surface area (TPSA) is 9.23 Å². The minimum Gasteiger partial charge on any atom is -0.497 e. The van der Waals surface area contributed by atoms with Gasteiger partial charge in [-0.15, -0.1) is 0 Å². The van der Waals surface area contributed by atoms with E-state index in [9.17, 15) is 22.0 Å². The van der Waals surface area contributed by atoms with Crippen molar-refractivity contribution in [2.24, 2.45) is 0 Å². The van der Waals surface area contributed by atoms with E-state index < -0.39 is 34.7 Å². The number of benzene rings is 2. The second kappa shape index (κ2) is 5.95. The molecule has 0 bridgehead atoms. The van der Waals surface area contributed by atoms with Gasteiger partial charge < -0.3 is 4.74 Å². The fourth-order valence-electron chi connectivity index (χ4n) is 1.67. The van der Waals surface area contributed by atoms with Crippen molar-refractivity contribution in [3.05, 3.63) is 65.0 Å². The molecule has 0 N–H and O–H groups in total. The summed E-state index contributed by atoms with van der Waals surface area (Å²) in [5, 5.41) is 0. The van der Waals surface area contributed by atoms with Crippen molar-refractivity contribution in [3.8, 4) is 5.75 Å². The summed E-state index contributed by atoms with van der Waals surface area (Å²) in [7, 11) is 1.41. The molecule has 6 heteroatoms. The minimum atomic E-state index is -1.74. The first kappa shape index (κ1) is 15.0. The van der Waals surface area contributed by atoms with Crippen LogP contribution in [0.25, 0.3) is 11.7 Å². The van der Waals surface area contributed by atoms with Crippen LogP contribution in [0.1, 0.15) is 11.1 Å². The van der Waals surface area contributed by atoms with Gasteiger partial charge in [0.15, 0.2) is 29.1 Å². The summed E-state index contributed by atoms with van der Waals surface area (Å²) >= 11 is 0. The molecule has 1 nitrogen and oxygen atoms in total. The van der Waals surface area contributed by atoms with Crippen LogP contribution < -0.4 is 4.74 Å². The van der Waals surface area contributed by atoms with E-state index in [0.717, 1.165) is 0 Å². The molecule has 21 heavy (non-hydrogen) atoms. The molecule has 0 amide bonds. The first-order valence-electron chi connectivity index (χ1n) is 5.78. The zero-order valence-electron chi connectivity index (χ0n) is 10.8. The van der Waals surface area contributed by atoms with Crippen LogP contribution in [-0.4, -0.2) is 7.11 Å². The first-order valence-corrected chi connectivity index (χ1v) is 5.78. The SMILES string of the molecule is COc1ccc(/C(F)=C(\F)c2cc(F)c(F)c(F)c2)cc1. The number of hydrogen-bond acceptors (Lipinski definition) is 1. The van der Waals surface area contributed by atoms with Crippen LogP contribution in [0.5, 0.6) is 5.75 Å². The third kappa shape index (κ3) is 3.04. The zero-order chi connectivity index (χ0) is 15.6. The molecule has 0 fully saturated rings. The highest BCUT2D eigenvalue weighted by Crippen LogP contribution is 2.31. The van der Waals surface area contributed by atoms with Gasteiger partial charge in [0, 0.05) is 11.1 Å². The molecular weight excluding hydrogens is 291 g/mol. The lowest BCUT2D eigenvalue weighted by Crippen LogP contribution is -1.94. The molecule has 0 aliphatic carbocycles. The van der Waals surface area contributed by atoms with Gasteiger partial charge in [-0.05, 0) is 36.4 Å². The van der Waals surface area contributed by atoms with Crippen molar-refractivity contribution < 1.29 is 26.7 Å². The highest BCUT2D eigenvalue weighted by molar-refractivity contribution is 5.83. The summed E-state index contributed by atoms with van der Waals surface area (Å²) < 4.78 is 71.5. The van der Waals surface area contributed by atoms with Gasteiger partial charge in [-0.25, -0.2) is 22.0 Å². The Labute approximate surface area is 117 Å². The lowest BCUT2D eigenvalue weighted by atomic mass is 10.1. The van der Waals surface area contributed by atoms with E-state index in [2.05, 4.69) is 0 Å². The van der Waals surface area contributed by atoms with Crippen molar-refractivity contribution in [1.82, 2.24) is 0 Å². The van der Waals surface area contributed by atoms with E-state index in [-0.39, 0.29) is 5.56 Å². The van der Waals surface area contributed by atoms with Crippen LogP contribution in [-0.2, 0) is 0 Å². The van der Waals surface area contributed by atoms with Gasteiger partial charge in [0.1, 0.15) is 5.75 Å². The van der Waals surface area contributed by atoms with Gasteiger partial charge in [0.2, 0.25) is 0 Å². The zero-order valence-corrected chi connectivity index (χ0v) is 10.8. The standard InChI is InChI=1S/C15H9F5O/c1-21-10-4-2-8(3-5-10)13(18)14(19)9-6-11(16)15(20)12(17)7-9/h2-7H,1H3/b14-13+. The lowest BCUT2D eigenvalue weighted by molar-refractivity contribution is 0.414. The summed E-state index contributed by atoms with van der Waals surface area (Å²) in [6, 6.07) is 6.05. The van der Waals surface area contributed by atoms with Crippen LogP contribution >= 0.6 is 0 Å². The first-order chi connectivity index (χ1) is 9.93. The van der Waals surface area contributed by atoms with E-state index in [0.29, 0.717) is 17.9 Å². The minimum absolute atomic E-state index is 0.140. The number of hydrogen-bond donors (Lipinski definition) is 0. The van der Waals surface area contributed by atoms with Crippen LogP contribution in [0.3, 0.4) is 0 Å². The number of ether oxygens (including phenoxy) is 1. The predicted molar refractivity (Wildman–Crippen MR) is 68.3 cm³/mol. The monoisotopic (exact) mass is 300 g/mol. The Morgan fingerprint density at radius 2 is 1.29 bits per heavy atom. The van der Waals surface area contributed by atoms with Crippen molar-refractivity contribution >= 4 is 11.7 Å². The smallest absolute Gasteiger partial charge is 0.194 e. The van der Waals surface area contributed by atoms with E-state index in [1.54, 1.807) is 0 Å². The fourth-order valence-corrected chi connectivity index (χ4v) is 1.67. The van der Waals surface area contributed by atoms with Crippen LogP contribution in [0.15, 0.2) is 36.4 Å². The van der Waals surface area contributed by atoms with Crippen molar-refractivity contribution in [1.29, 1.82) is 0 Å². The molecule has 2 aromatic rings. The molecule has 0 aliphatic rings. The molecule has 2 aromatic carbocycles. The molecular formula is C15H9F5O.